The van der Waals surface area contributed by atoms with Crippen molar-refractivity contribution in [2.45, 2.75) is 134 Å². The summed E-state index contributed by atoms with van der Waals surface area (Å²) in [6, 6.07) is -1.57. The summed E-state index contributed by atoms with van der Waals surface area (Å²) in [5.74, 6) is -0.978. The number of amides is 3. The van der Waals surface area contributed by atoms with E-state index >= 15 is 0 Å². The summed E-state index contributed by atoms with van der Waals surface area (Å²) < 4.78 is 0. The fraction of sp³-hybridized carbons (Fsp3) is 0.867. The molecule has 0 radical (unpaired) electrons. The van der Waals surface area contributed by atoms with Gasteiger partial charge in [0.1, 0.15) is 11.8 Å². The molecule has 4 aliphatic rings. The molecule has 0 aromatic rings. The number of unbranched alkanes of at least 4 members (excludes halogenated alkanes) is 4. The van der Waals surface area contributed by atoms with E-state index in [0.717, 1.165) is 77.0 Å². The number of hydrogen-bond acceptors (Lipinski definition) is 6. The first-order valence-corrected chi connectivity index (χ1v) is 15.8. The van der Waals surface area contributed by atoms with E-state index in [4.69, 9.17) is 0 Å². The average Bonchev–Trinajstić information content (AvgIpc) is 3.86. The molecule has 226 valence electrons. The molecule has 10 nitrogen and oxygen atoms in total. The van der Waals surface area contributed by atoms with Crippen molar-refractivity contribution >= 4 is 23.7 Å². The number of nitrogens with zero attached hydrogens (tertiary/aromatic N) is 1. The maximum atomic E-state index is 13.1. The third kappa shape index (κ3) is 7.75. The van der Waals surface area contributed by atoms with Gasteiger partial charge in [0.15, 0.2) is 5.78 Å². The van der Waals surface area contributed by atoms with Crippen LogP contribution in [0.25, 0.3) is 0 Å². The van der Waals surface area contributed by atoms with Gasteiger partial charge in [-0.25, -0.2) is 4.79 Å². The number of Topliss-reactive ketones (excluding diaryl/α,β-unsaturated/α-hetero) is 1. The molecule has 1 heterocycles. The van der Waals surface area contributed by atoms with E-state index in [0.29, 0.717) is 25.8 Å². The van der Waals surface area contributed by atoms with Crippen LogP contribution in [-0.2, 0) is 14.4 Å². The number of aliphatic carboxylic acids is 1. The van der Waals surface area contributed by atoms with E-state index in [1.54, 1.807) is 4.90 Å². The maximum absolute atomic E-state index is 13.1. The molecular weight excluding hydrogens is 512 g/mol. The molecule has 5 atom stereocenters. The van der Waals surface area contributed by atoms with Crippen LogP contribution >= 0.6 is 0 Å². The zero-order chi connectivity index (χ0) is 28.7. The summed E-state index contributed by atoms with van der Waals surface area (Å²) >= 11 is 0. The van der Waals surface area contributed by atoms with Crippen LogP contribution in [0.4, 0.5) is 4.79 Å². The molecule has 0 aromatic carbocycles. The minimum absolute atomic E-state index is 0.0207. The summed E-state index contributed by atoms with van der Waals surface area (Å²) in [5, 5.41) is 29.4. The number of rotatable bonds is 16. The fourth-order valence-electron chi connectivity index (χ4n) is 6.92. The van der Waals surface area contributed by atoms with Crippen molar-refractivity contribution in [3.63, 3.8) is 0 Å². The predicted octanol–water partition coefficient (Wildman–Crippen LogP) is 3.32. The Morgan fingerprint density at radius 3 is 2.35 bits per heavy atom. The summed E-state index contributed by atoms with van der Waals surface area (Å²) in [5.41, 5.74) is -1.14. The minimum atomic E-state index is -1.16. The van der Waals surface area contributed by atoms with E-state index < -0.39 is 35.9 Å². The number of likely N-dealkylation sites (tertiary alicyclic amines) is 1. The third-order valence-corrected chi connectivity index (χ3v) is 9.63. The third-order valence-electron chi connectivity index (χ3n) is 9.63. The van der Waals surface area contributed by atoms with Crippen molar-refractivity contribution in [2.24, 2.45) is 17.8 Å². The molecule has 3 saturated carbocycles. The molecular formula is C30H50N4O6. The lowest BCUT2D eigenvalue weighted by Gasteiger charge is -2.32. The van der Waals surface area contributed by atoms with Gasteiger partial charge in [-0.05, 0) is 63.2 Å². The Kier molecular flexibility index (Phi) is 10.9. The number of carbonyl (C=O) groups is 4. The summed E-state index contributed by atoms with van der Waals surface area (Å²) in [6.07, 6.45) is 13.9. The van der Waals surface area contributed by atoms with E-state index in [9.17, 15) is 29.4 Å². The molecule has 10 heteroatoms. The van der Waals surface area contributed by atoms with Crippen molar-refractivity contribution in [2.75, 3.05) is 13.1 Å². The normalized spacial score (nSPS) is 28.1. The molecule has 4 fully saturated rings. The van der Waals surface area contributed by atoms with Gasteiger partial charge in [0.2, 0.25) is 5.91 Å². The number of aliphatic hydroxyl groups excluding tert-OH is 1. The fourth-order valence-corrected chi connectivity index (χ4v) is 6.92. The van der Waals surface area contributed by atoms with Crippen LogP contribution in [0.5, 0.6) is 0 Å². The number of ketones is 1. The second kappa shape index (κ2) is 14.1. The van der Waals surface area contributed by atoms with E-state index in [1.165, 1.54) is 6.42 Å². The van der Waals surface area contributed by atoms with Gasteiger partial charge in [-0.2, -0.15) is 0 Å². The monoisotopic (exact) mass is 562 g/mol. The molecule has 40 heavy (non-hydrogen) atoms. The first-order valence-electron chi connectivity index (χ1n) is 15.8. The maximum Gasteiger partial charge on any atom is 0.324 e. The molecule has 3 amide bonds. The largest absolute Gasteiger partial charge is 0.480 e. The predicted molar refractivity (Wildman–Crippen MR) is 150 cm³/mol. The highest BCUT2D eigenvalue weighted by atomic mass is 16.4. The molecule has 0 spiro atoms. The lowest BCUT2D eigenvalue weighted by molar-refractivity contribution is -0.143. The Balaban J connectivity index is 1.25. The SMILES string of the molecule is CCCCCCCC1C[C@]1(NC(O)[C@@H]1CCCN1C(=O)CNC(=O)N[C@H](C(=O)C1CC1)C1CCCCC1)C(=O)O. The standard InChI is InChI=1S/C30H50N4O6/c1-2-3-4-5-9-13-22-18-30(22,28(38)39)33-27(37)23-14-10-17-34(23)24(35)19-31-29(40)32-25(26(36)21-15-16-21)20-11-7-6-8-12-20/h20-23,25,27,33,37H,2-19H2,1H3,(H,38,39)(H2,31,32,40)/t22?,23-,25-,27?,30+/m0/s1. The number of aliphatic hydroxyl groups is 1. The molecule has 1 aliphatic heterocycles. The summed E-state index contributed by atoms with van der Waals surface area (Å²) in [4.78, 5) is 52.4. The van der Waals surface area contributed by atoms with Crippen LogP contribution in [0.3, 0.4) is 0 Å². The molecule has 3 aliphatic carbocycles. The zero-order valence-corrected chi connectivity index (χ0v) is 24.2. The zero-order valence-electron chi connectivity index (χ0n) is 24.2. The average molecular weight is 563 g/mol. The van der Waals surface area contributed by atoms with Crippen molar-refractivity contribution in [1.82, 2.24) is 20.9 Å². The van der Waals surface area contributed by atoms with Crippen LogP contribution in [0.2, 0.25) is 0 Å². The summed E-state index contributed by atoms with van der Waals surface area (Å²) in [7, 11) is 0. The molecule has 0 aromatic heterocycles. The van der Waals surface area contributed by atoms with Crippen molar-refractivity contribution in [1.29, 1.82) is 0 Å². The number of nitrogens with one attached hydrogen (secondary N) is 3. The van der Waals surface area contributed by atoms with Crippen LogP contribution < -0.4 is 16.0 Å². The van der Waals surface area contributed by atoms with E-state index in [2.05, 4.69) is 22.9 Å². The number of carboxylic acids is 1. The molecule has 5 N–H and O–H groups in total. The Hall–Kier alpha value is -2.20. The highest BCUT2D eigenvalue weighted by Crippen LogP contribution is 2.48. The minimum Gasteiger partial charge on any atom is -0.480 e. The Labute approximate surface area is 238 Å². The van der Waals surface area contributed by atoms with Gasteiger partial charge in [-0.15, -0.1) is 0 Å². The van der Waals surface area contributed by atoms with Gasteiger partial charge in [0.05, 0.1) is 18.6 Å². The lowest BCUT2D eigenvalue weighted by atomic mass is 9.81. The highest BCUT2D eigenvalue weighted by molar-refractivity contribution is 5.92. The Morgan fingerprint density at radius 1 is 0.950 bits per heavy atom. The molecule has 0 bridgehead atoms. The van der Waals surface area contributed by atoms with Gasteiger partial charge in [-0.3, -0.25) is 19.7 Å². The second-order valence-corrected chi connectivity index (χ2v) is 12.6. The number of carboxylic acid groups (broad SMARTS) is 1. The van der Waals surface area contributed by atoms with Gasteiger partial charge >= 0.3 is 12.0 Å². The van der Waals surface area contributed by atoms with Gasteiger partial charge in [0.25, 0.3) is 0 Å². The first kappa shape index (κ1) is 30.8. The van der Waals surface area contributed by atoms with Crippen molar-refractivity contribution in [3.05, 3.63) is 0 Å². The first-order chi connectivity index (χ1) is 19.3. The smallest absolute Gasteiger partial charge is 0.324 e. The Bertz CT molecular complexity index is 905. The number of carbonyl (C=O) groups excluding carboxylic acids is 3. The second-order valence-electron chi connectivity index (χ2n) is 12.6. The highest BCUT2D eigenvalue weighted by Gasteiger charge is 2.61. The van der Waals surface area contributed by atoms with E-state index in [1.807, 2.05) is 0 Å². The lowest BCUT2D eigenvalue weighted by Crippen LogP contribution is -2.57. The number of urea groups is 1. The van der Waals surface area contributed by atoms with Crippen LogP contribution in [0.1, 0.15) is 110 Å². The Morgan fingerprint density at radius 2 is 1.68 bits per heavy atom. The van der Waals surface area contributed by atoms with Crippen LogP contribution in [0.15, 0.2) is 0 Å². The summed E-state index contributed by atoms with van der Waals surface area (Å²) in [6.45, 7) is 2.36. The molecule has 1 saturated heterocycles. The van der Waals surface area contributed by atoms with Crippen molar-refractivity contribution < 1.29 is 29.4 Å². The molecule has 4 rings (SSSR count). The number of hydrogen-bond donors (Lipinski definition) is 5. The van der Waals surface area contributed by atoms with Gasteiger partial charge < -0.3 is 25.7 Å². The van der Waals surface area contributed by atoms with Crippen molar-refractivity contribution in [3.8, 4) is 0 Å². The van der Waals surface area contributed by atoms with Gasteiger partial charge in [-0.1, -0.05) is 58.3 Å². The van der Waals surface area contributed by atoms with Gasteiger partial charge in [0, 0.05) is 12.5 Å². The quantitative estimate of drug-likeness (QED) is 0.143. The molecule has 2 unspecified atom stereocenters. The van der Waals surface area contributed by atoms with Crippen LogP contribution in [0, 0.1) is 17.8 Å². The van der Waals surface area contributed by atoms with E-state index in [-0.39, 0.29) is 36.0 Å². The van der Waals surface area contributed by atoms with Crippen LogP contribution in [-0.4, -0.2) is 75.7 Å². The topological polar surface area (TPSA) is 148 Å².